The fourth-order valence-corrected chi connectivity index (χ4v) is 2.60. The minimum atomic E-state index is -0.847. The first-order valence-electron chi connectivity index (χ1n) is 8.62. The van der Waals surface area contributed by atoms with Gasteiger partial charge in [-0.05, 0) is 49.2 Å². The smallest absolute Gasteiger partial charge is 0.255 e. The molecule has 0 aliphatic heterocycles. The van der Waals surface area contributed by atoms with E-state index in [1.165, 1.54) is 18.2 Å². The predicted molar refractivity (Wildman–Crippen MR) is 97.2 cm³/mol. The van der Waals surface area contributed by atoms with Gasteiger partial charge in [0.2, 0.25) is 0 Å². The lowest BCUT2D eigenvalue weighted by Crippen LogP contribution is -2.32. The van der Waals surface area contributed by atoms with Crippen LogP contribution in [0.5, 0.6) is 0 Å². The molecule has 138 valence electrons. The van der Waals surface area contributed by atoms with E-state index in [0.29, 0.717) is 18.7 Å². The molecule has 0 spiro atoms. The Labute approximate surface area is 151 Å². The summed E-state index contributed by atoms with van der Waals surface area (Å²) in [5.74, 6) is -2.44. The molecule has 0 aliphatic rings. The van der Waals surface area contributed by atoms with Gasteiger partial charge in [-0.1, -0.05) is 19.9 Å². The zero-order valence-corrected chi connectivity index (χ0v) is 14.9. The first-order chi connectivity index (χ1) is 12.5. The van der Waals surface area contributed by atoms with Crippen LogP contribution in [0.2, 0.25) is 0 Å². The highest BCUT2D eigenvalue weighted by Gasteiger charge is 2.16. The number of rotatable bonds is 7. The van der Waals surface area contributed by atoms with Crippen molar-refractivity contribution in [2.75, 3.05) is 18.4 Å². The summed E-state index contributed by atoms with van der Waals surface area (Å²) in [4.78, 5) is 26.5. The van der Waals surface area contributed by atoms with Crippen LogP contribution in [-0.4, -0.2) is 29.8 Å². The molecule has 0 atom stereocenters. The number of benzene rings is 2. The topological polar surface area (TPSA) is 49.4 Å². The fourth-order valence-electron chi connectivity index (χ4n) is 2.60. The monoisotopic (exact) mass is 360 g/mol. The molecule has 0 aromatic heterocycles. The average molecular weight is 360 g/mol. The van der Waals surface area contributed by atoms with Crippen molar-refractivity contribution in [2.24, 2.45) is 0 Å². The van der Waals surface area contributed by atoms with Crippen molar-refractivity contribution in [1.82, 2.24) is 4.90 Å². The molecule has 2 aromatic carbocycles. The number of nitrogens with one attached hydrogen (secondary N) is 1. The lowest BCUT2D eigenvalue weighted by Gasteiger charge is -2.21. The van der Waals surface area contributed by atoms with Gasteiger partial charge in [-0.15, -0.1) is 0 Å². The van der Waals surface area contributed by atoms with E-state index in [1.807, 2.05) is 13.8 Å². The van der Waals surface area contributed by atoms with Crippen LogP contribution in [0.1, 0.15) is 47.4 Å². The fraction of sp³-hybridized carbons (Fsp3) is 0.300. The predicted octanol–water partition coefficient (Wildman–Crippen LogP) is 4.48. The largest absolute Gasteiger partial charge is 0.339 e. The van der Waals surface area contributed by atoms with E-state index < -0.39 is 23.2 Å². The van der Waals surface area contributed by atoms with Gasteiger partial charge in [0, 0.05) is 24.2 Å². The standard InChI is InChI=1S/C20H22F2N2O2/c1-3-12-24(13-4-2)20(26)15-10-8-14(9-11-15)19(25)23-18-16(21)6-5-7-17(18)22/h5-11H,3-4,12-13H2,1-2H3,(H,23,25). The van der Waals surface area contributed by atoms with Crippen LogP contribution in [0.15, 0.2) is 42.5 Å². The summed E-state index contributed by atoms with van der Waals surface area (Å²) < 4.78 is 27.3. The highest BCUT2D eigenvalue weighted by Crippen LogP contribution is 2.19. The lowest BCUT2D eigenvalue weighted by molar-refractivity contribution is 0.0755. The minimum absolute atomic E-state index is 0.0965. The number of para-hydroxylation sites is 1. The number of anilines is 1. The molecule has 0 fully saturated rings. The molecule has 1 N–H and O–H groups in total. The Hall–Kier alpha value is -2.76. The highest BCUT2D eigenvalue weighted by molar-refractivity contribution is 6.05. The molecule has 0 aliphatic carbocycles. The normalized spacial score (nSPS) is 10.5. The molecule has 6 heteroatoms. The number of hydrogen-bond donors (Lipinski definition) is 1. The molecular weight excluding hydrogens is 338 g/mol. The third kappa shape index (κ3) is 4.65. The van der Waals surface area contributed by atoms with Crippen LogP contribution in [0.3, 0.4) is 0 Å². The second-order valence-corrected chi connectivity index (χ2v) is 5.92. The number of amides is 2. The van der Waals surface area contributed by atoms with Crippen molar-refractivity contribution in [3.8, 4) is 0 Å². The van der Waals surface area contributed by atoms with Crippen LogP contribution in [-0.2, 0) is 0 Å². The Bertz CT molecular complexity index is 750. The molecular formula is C20H22F2N2O2. The molecule has 0 bridgehead atoms. The van der Waals surface area contributed by atoms with E-state index >= 15 is 0 Å². The molecule has 0 unspecified atom stereocenters. The van der Waals surface area contributed by atoms with Crippen molar-refractivity contribution < 1.29 is 18.4 Å². The van der Waals surface area contributed by atoms with Gasteiger partial charge in [0.15, 0.2) is 0 Å². The molecule has 4 nitrogen and oxygen atoms in total. The van der Waals surface area contributed by atoms with Gasteiger partial charge < -0.3 is 10.2 Å². The Morgan fingerprint density at radius 3 is 1.88 bits per heavy atom. The van der Waals surface area contributed by atoms with Gasteiger partial charge in [-0.3, -0.25) is 9.59 Å². The van der Waals surface area contributed by atoms with Crippen molar-refractivity contribution >= 4 is 17.5 Å². The maximum absolute atomic E-state index is 13.6. The van der Waals surface area contributed by atoms with Crippen LogP contribution in [0.25, 0.3) is 0 Å². The Kier molecular flexibility index (Phi) is 6.83. The van der Waals surface area contributed by atoms with E-state index in [1.54, 1.807) is 17.0 Å². The maximum Gasteiger partial charge on any atom is 0.255 e. The van der Waals surface area contributed by atoms with Crippen LogP contribution in [0.4, 0.5) is 14.5 Å². The number of hydrogen-bond acceptors (Lipinski definition) is 2. The molecule has 0 saturated heterocycles. The first-order valence-corrected chi connectivity index (χ1v) is 8.62. The zero-order chi connectivity index (χ0) is 19.1. The number of carbonyl (C=O) groups is 2. The van der Waals surface area contributed by atoms with Gasteiger partial charge in [-0.25, -0.2) is 8.78 Å². The summed E-state index contributed by atoms with van der Waals surface area (Å²) in [7, 11) is 0. The minimum Gasteiger partial charge on any atom is -0.339 e. The Morgan fingerprint density at radius 1 is 0.885 bits per heavy atom. The summed E-state index contributed by atoms with van der Waals surface area (Å²) in [6.45, 7) is 5.35. The molecule has 26 heavy (non-hydrogen) atoms. The van der Waals surface area contributed by atoms with Gasteiger partial charge in [-0.2, -0.15) is 0 Å². The SMILES string of the molecule is CCCN(CCC)C(=O)c1ccc(C(=O)Nc2c(F)cccc2F)cc1. The van der Waals surface area contributed by atoms with E-state index in [2.05, 4.69) is 5.32 Å². The zero-order valence-electron chi connectivity index (χ0n) is 14.9. The Morgan fingerprint density at radius 2 is 1.38 bits per heavy atom. The summed E-state index contributed by atoms with van der Waals surface area (Å²) in [6, 6.07) is 9.39. The number of nitrogens with zero attached hydrogens (tertiary/aromatic N) is 1. The van der Waals surface area contributed by atoms with E-state index in [9.17, 15) is 18.4 Å². The molecule has 0 saturated carbocycles. The third-order valence-electron chi connectivity index (χ3n) is 3.87. The summed E-state index contributed by atoms with van der Waals surface area (Å²) >= 11 is 0. The molecule has 2 rings (SSSR count). The van der Waals surface area contributed by atoms with Crippen molar-refractivity contribution in [1.29, 1.82) is 0 Å². The molecule has 2 aromatic rings. The molecule has 2 amide bonds. The quantitative estimate of drug-likeness (QED) is 0.791. The number of carbonyl (C=O) groups excluding carboxylic acids is 2. The molecule has 0 radical (unpaired) electrons. The van der Waals surface area contributed by atoms with Gasteiger partial charge in [0.05, 0.1) is 0 Å². The second-order valence-electron chi connectivity index (χ2n) is 5.92. The van der Waals surface area contributed by atoms with Crippen LogP contribution < -0.4 is 5.32 Å². The highest BCUT2D eigenvalue weighted by atomic mass is 19.1. The first kappa shape index (κ1) is 19.6. The van der Waals surface area contributed by atoms with Crippen molar-refractivity contribution in [2.45, 2.75) is 26.7 Å². The summed E-state index contributed by atoms with van der Waals surface area (Å²) in [6.07, 6.45) is 1.72. The second kappa shape index (κ2) is 9.08. The van der Waals surface area contributed by atoms with E-state index in [4.69, 9.17) is 0 Å². The molecule has 0 heterocycles. The van der Waals surface area contributed by atoms with Crippen molar-refractivity contribution in [3.05, 3.63) is 65.2 Å². The van der Waals surface area contributed by atoms with Gasteiger partial charge in [0.1, 0.15) is 17.3 Å². The van der Waals surface area contributed by atoms with E-state index in [-0.39, 0.29) is 11.5 Å². The van der Waals surface area contributed by atoms with Gasteiger partial charge >= 0.3 is 0 Å². The van der Waals surface area contributed by atoms with Crippen molar-refractivity contribution in [3.63, 3.8) is 0 Å². The summed E-state index contributed by atoms with van der Waals surface area (Å²) in [5.41, 5.74) is 0.192. The maximum atomic E-state index is 13.6. The third-order valence-corrected chi connectivity index (χ3v) is 3.87. The average Bonchev–Trinajstić information content (AvgIpc) is 2.64. The Balaban J connectivity index is 2.13. The van der Waals surface area contributed by atoms with Gasteiger partial charge in [0.25, 0.3) is 11.8 Å². The van der Waals surface area contributed by atoms with Crippen LogP contribution >= 0.6 is 0 Å². The summed E-state index contributed by atoms with van der Waals surface area (Å²) in [5, 5.41) is 2.22. The van der Waals surface area contributed by atoms with Crippen LogP contribution in [0, 0.1) is 11.6 Å². The number of halogens is 2. The lowest BCUT2D eigenvalue weighted by atomic mass is 10.1. The van der Waals surface area contributed by atoms with E-state index in [0.717, 1.165) is 25.0 Å².